The lowest BCUT2D eigenvalue weighted by Gasteiger charge is -2.29. The lowest BCUT2D eigenvalue weighted by Crippen LogP contribution is -2.51. The predicted molar refractivity (Wildman–Crippen MR) is 80.0 cm³/mol. The van der Waals surface area contributed by atoms with E-state index in [4.69, 9.17) is 0 Å². The van der Waals surface area contributed by atoms with Crippen LogP contribution in [0.15, 0.2) is 0 Å². The van der Waals surface area contributed by atoms with Gasteiger partial charge in [-0.15, -0.1) is 0 Å². The topological polar surface area (TPSA) is 78.4 Å². The fraction of sp³-hybridized carbons (Fsp3) is 0.857. The van der Waals surface area contributed by atoms with Crippen molar-refractivity contribution in [2.45, 2.75) is 56.7 Å². The van der Waals surface area contributed by atoms with Crippen LogP contribution in [-0.2, 0) is 4.79 Å². The first-order valence-corrected chi connectivity index (χ1v) is 8.26. The smallest absolute Gasteiger partial charge is 0.315 e. The summed E-state index contributed by atoms with van der Waals surface area (Å²) in [6.45, 7) is 4.53. The molecule has 2 fully saturated rings. The lowest BCUT2D eigenvalue weighted by molar-refractivity contribution is -0.148. The minimum Gasteiger partial charge on any atom is -0.481 e. The molecular formula is C14H24N2O3S. The Morgan fingerprint density at radius 1 is 1.30 bits per heavy atom. The van der Waals surface area contributed by atoms with E-state index in [1.807, 2.05) is 11.8 Å². The molecule has 2 amide bonds. The summed E-state index contributed by atoms with van der Waals surface area (Å²) in [4.78, 5) is 23.3. The molecule has 1 saturated heterocycles. The second kappa shape index (κ2) is 5.84. The van der Waals surface area contributed by atoms with E-state index in [-0.39, 0.29) is 16.8 Å². The van der Waals surface area contributed by atoms with Crippen LogP contribution in [0, 0.1) is 5.41 Å². The normalized spacial score (nSPS) is 36.8. The van der Waals surface area contributed by atoms with Gasteiger partial charge in [-0.3, -0.25) is 4.79 Å². The van der Waals surface area contributed by atoms with Gasteiger partial charge in [0.2, 0.25) is 0 Å². The number of carbonyl (C=O) groups is 2. The van der Waals surface area contributed by atoms with Crippen LogP contribution in [0.3, 0.4) is 0 Å². The second-order valence-electron chi connectivity index (χ2n) is 6.40. The summed E-state index contributed by atoms with van der Waals surface area (Å²) in [5.74, 6) is 0.332. The molecule has 5 nitrogen and oxygen atoms in total. The number of hydrogen-bond donors (Lipinski definition) is 3. The third-order valence-corrected chi connectivity index (χ3v) is 6.21. The molecule has 1 aliphatic carbocycles. The molecule has 2 rings (SSSR count). The minimum absolute atomic E-state index is 0.128. The van der Waals surface area contributed by atoms with Gasteiger partial charge in [0, 0.05) is 17.3 Å². The Balaban J connectivity index is 1.83. The van der Waals surface area contributed by atoms with E-state index in [0.29, 0.717) is 13.0 Å². The largest absolute Gasteiger partial charge is 0.481 e. The predicted octanol–water partition coefficient (Wildman–Crippen LogP) is 2.21. The molecular weight excluding hydrogens is 276 g/mol. The van der Waals surface area contributed by atoms with E-state index >= 15 is 0 Å². The Hall–Kier alpha value is -0.910. The number of thioether (sulfide) groups is 1. The molecule has 0 aromatic rings. The fourth-order valence-electron chi connectivity index (χ4n) is 3.11. The summed E-state index contributed by atoms with van der Waals surface area (Å²) < 4.78 is 0.128. The molecule has 20 heavy (non-hydrogen) atoms. The number of carboxylic acids is 1. The molecule has 1 saturated carbocycles. The molecule has 0 bridgehead atoms. The molecule has 114 valence electrons. The van der Waals surface area contributed by atoms with Crippen molar-refractivity contribution >= 4 is 23.8 Å². The average Bonchev–Trinajstić information content (AvgIpc) is 2.96. The van der Waals surface area contributed by atoms with Crippen molar-refractivity contribution in [1.29, 1.82) is 0 Å². The van der Waals surface area contributed by atoms with Crippen molar-refractivity contribution in [3.63, 3.8) is 0 Å². The third-order valence-electron chi connectivity index (χ3n) is 4.68. The highest BCUT2D eigenvalue weighted by molar-refractivity contribution is 8.00. The summed E-state index contributed by atoms with van der Waals surface area (Å²) in [6, 6.07) is -0.512. The lowest BCUT2D eigenvalue weighted by atomic mass is 9.85. The van der Waals surface area contributed by atoms with Gasteiger partial charge in [-0.05, 0) is 45.3 Å². The van der Waals surface area contributed by atoms with Crippen molar-refractivity contribution in [2.75, 3.05) is 12.3 Å². The zero-order valence-electron chi connectivity index (χ0n) is 12.2. The SMILES string of the molecule is CC1(CNC(=O)NC2CCCC2(C)C(=O)O)CCCS1. The van der Waals surface area contributed by atoms with Crippen LogP contribution in [0.1, 0.15) is 46.0 Å². The number of aliphatic carboxylic acids is 1. The van der Waals surface area contributed by atoms with Crippen molar-refractivity contribution in [2.24, 2.45) is 5.41 Å². The van der Waals surface area contributed by atoms with Gasteiger partial charge in [0.25, 0.3) is 0 Å². The Kier molecular flexibility index (Phi) is 4.52. The van der Waals surface area contributed by atoms with E-state index in [2.05, 4.69) is 17.6 Å². The third kappa shape index (κ3) is 3.22. The summed E-state index contributed by atoms with van der Waals surface area (Å²) in [5.41, 5.74) is -0.830. The minimum atomic E-state index is -0.830. The van der Waals surface area contributed by atoms with E-state index < -0.39 is 11.4 Å². The van der Waals surface area contributed by atoms with Crippen molar-refractivity contribution in [3.8, 4) is 0 Å². The highest BCUT2D eigenvalue weighted by atomic mass is 32.2. The molecule has 3 atom stereocenters. The maximum Gasteiger partial charge on any atom is 0.315 e. The zero-order chi connectivity index (χ0) is 14.8. The maximum atomic E-state index is 12.0. The summed E-state index contributed by atoms with van der Waals surface area (Å²) >= 11 is 1.90. The number of carboxylic acid groups (broad SMARTS) is 1. The van der Waals surface area contributed by atoms with Gasteiger partial charge in [0.15, 0.2) is 0 Å². The molecule has 0 aromatic heterocycles. The van der Waals surface area contributed by atoms with Gasteiger partial charge >= 0.3 is 12.0 Å². The molecule has 3 unspecified atom stereocenters. The van der Waals surface area contributed by atoms with Gasteiger partial charge in [-0.2, -0.15) is 11.8 Å². The molecule has 1 heterocycles. The highest BCUT2D eigenvalue weighted by Crippen LogP contribution is 2.38. The number of rotatable bonds is 4. The van der Waals surface area contributed by atoms with Gasteiger partial charge in [0.1, 0.15) is 0 Å². The van der Waals surface area contributed by atoms with Crippen molar-refractivity contribution in [3.05, 3.63) is 0 Å². The number of amides is 2. The van der Waals surface area contributed by atoms with Gasteiger partial charge in [-0.1, -0.05) is 6.42 Å². The van der Waals surface area contributed by atoms with Gasteiger partial charge in [0.05, 0.1) is 5.41 Å². The van der Waals surface area contributed by atoms with Crippen LogP contribution in [-0.4, -0.2) is 40.2 Å². The monoisotopic (exact) mass is 300 g/mol. The number of urea groups is 1. The Morgan fingerprint density at radius 3 is 2.65 bits per heavy atom. The fourth-order valence-corrected chi connectivity index (χ4v) is 4.35. The number of carbonyl (C=O) groups excluding carboxylic acids is 1. The van der Waals surface area contributed by atoms with Crippen LogP contribution < -0.4 is 10.6 Å². The Morgan fingerprint density at radius 2 is 2.05 bits per heavy atom. The van der Waals surface area contributed by atoms with E-state index in [9.17, 15) is 14.7 Å². The summed E-state index contributed by atoms with van der Waals surface area (Å²) in [5, 5.41) is 15.1. The molecule has 6 heteroatoms. The molecule has 0 aromatic carbocycles. The first-order valence-electron chi connectivity index (χ1n) is 7.27. The Bertz CT molecular complexity index is 396. The van der Waals surface area contributed by atoms with Gasteiger partial charge in [-0.25, -0.2) is 4.79 Å². The quantitative estimate of drug-likeness (QED) is 0.744. The molecule has 2 aliphatic rings. The average molecular weight is 300 g/mol. The first kappa shape index (κ1) is 15.5. The van der Waals surface area contributed by atoms with Crippen LogP contribution in [0.25, 0.3) is 0 Å². The molecule has 1 aliphatic heterocycles. The Labute approximate surface area is 124 Å². The zero-order valence-corrected chi connectivity index (χ0v) is 13.0. The van der Waals surface area contributed by atoms with Crippen LogP contribution >= 0.6 is 11.8 Å². The van der Waals surface area contributed by atoms with Crippen LogP contribution in [0.4, 0.5) is 4.79 Å². The first-order chi connectivity index (χ1) is 9.36. The summed E-state index contributed by atoms with van der Waals surface area (Å²) in [6.07, 6.45) is 4.53. The van der Waals surface area contributed by atoms with Crippen molar-refractivity contribution < 1.29 is 14.7 Å². The van der Waals surface area contributed by atoms with Crippen molar-refractivity contribution in [1.82, 2.24) is 10.6 Å². The van der Waals surface area contributed by atoms with Crippen LogP contribution in [0.2, 0.25) is 0 Å². The molecule has 3 N–H and O–H groups in total. The van der Waals surface area contributed by atoms with E-state index in [1.165, 1.54) is 6.42 Å². The molecule has 0 spiro atoms. The highest BCUT2D eigenvalue weighted by Gasteiger charge is 2.46. The summed E-state index contributed by atoms with van der Waals surface area (Å²) in [7, 11) is 0. The second-order valence-corrected chi connectivity index (χ2v) is 8.08. The number of hydrogen-bond acceptors (Lipinski definition) is 3. The van der Waals surface area contributed by atoms with E-state index in [0.717, 1.165) is 25.0 Å². The van der Waals surface area contributed by atoms with Gasteiger partial charge < -0.3 is 15.7 Å². The maximum absolute atomic E-state index is 12.0. The van der Waals surface area contributed by atoms with Crippen LogP contribution in [0.5, 0.6) is 0 Å². The number of nitrogens with one attached hydrogen (secondary N) is 2. The standard InChI is InChI=1S/C14H24N2O3S/c1-13(6-4-8-20-13)9-15-12(19)16-10-5-3-7-14(10,2)11(17)18/h10H,3-9H2,1-2H3,(H,17,18)(H2,15,16,19). The molecule has 0 radical (unpaired) electrons. The van der Waals surface area contributed by atoms with E-state index in [1.54, 1.807) is 6.92 Å².